The molecular weight excluding hydrogens is 194 g/mol. The number of hydrogen-bond donors (Lipinski definition) is 1. The summed E-state index contributed by atoms with van der Waals surface area (Å²) in [5.41, 5.74) is 0.659. The van der Waals surface area contributed by atoms with Crippen LogP contribution >= 0.6 is 12.4 Å². The molecule has 2 aliphatic rings. The lowest BCUT2D eigenvalue weighted by Gasteiger charge is -2.39. The van der Waals surface area contributed by atoms with Crippen molar-refractivity contribution in [3.8, 4) is 0 Å². The zero-order chi connectivity index (χ0) is 9.31. The molecule has 2 aliphatic carbocycles. The third-order valence-corrected chi connectivity index (χ3v) is 4.07. The molecule has 1 N–H and O–H groups in total. The van der Waals surface area contributed by atoms with Gasteiger partial charge in [0.25, 0.3) is 0 Å². The molecular formula is C12H24ClN. The van der Waals surface area contributed by atoms with Crippen molar-refractivity contribution in [2.45, 2.75) is 58.4 Å². The fourth-order valence-corrected chi connectivity index (χ4v) is 2.74. The van der Waals surface area contributed by atoms with Gasteiger partial charge in [0.1, 0.15) is 0 Å². The fourth-order valence-electron chi connectivity index (χ4n) is 2.74. The van der Waals surface area contributed by atoms with E-state index in [4.69, 9.17) is 0 Å². The van der Waals surface area contributed by atoms with Crippen molar-refractivity contribution >= 4 is 12.4 Å². The van der Waals surface area contributed by atoms with Crippen molar-refractivity contribution in [1.29, 1.82) is 0 Å². The van der Waals surface area contributed by atoms with Crippen LogP contribution in [-0.4, -0.2) is 12.6 Å². The molecule has 0 bridgehead atoms. The summed E-state index contributed by atoms with van der Waals surface area (Å²) >= 11 is 0. The average Bonchev–Trinajstić information content (AvgIpc) is 2.44. The zero-order valence-electron chi connectivity index (χ0n) is 9.51. The molecule has 0 saturated heterocycles. The summed E-state index contributed by atoms with van der Waals surface area (Å²) in [5.74, 6) is 0.965. The summed E-state index contributed by atoms with van der Waals surface area (Å²) in [5, 5.41) is 3.75. The molecule has 1 nitrogen and oxygen atoms in total. The predicted molar refractivity (Wildman–Crippen MR) is 64.0 cm³/mol. The van der Waals surface area contributed by atoms with Crippen molar-refractivity contribution in [2.75, 3.05) is 6.54 Å². The minimum Gasteiger partial charge on any atom is -0.313 e. The second kappa shape index (κ2) is 4.85. The Morgan fingerprint density at radius 3 is 2.43 bits per heavy atom. The number of hydrogen-bond acceptors (Lipinski definition) is 1. The van der Waals surface area contributed by atoms with Crippen LogP contribution in [0.1, 0.15) is 52.4 Å². The molecule has 2 unspecified atom stereocenters. The van der Waals surface area contributed by atoms with Crippen LogP contribution in [0.25, 0.3) is 0 Å². The topological polar surface area (TPSA) is 12.0 Å². The molecule has 0 aromatic carbocycles. The molecule has 2 fully saturated rings. The third-order valence-electron chi connectivity index (χ3n) is 4.07. The largest absolute Gasteiger partial charge is 0.313 e. The second-order valence-electron chi connectivity index (χ2n) is 5.66. The first-order chi connectivity index (χ1) is 6.18. The van der Waals surface area contributed by atoms with E-state index in [0.29, 0.717) is 5.41 Å². The van der Waals surface area contributed by atoms with Gasteiger partial charge in [0.05, 0.1) is 0 Å². The highest BCUT2D eigenvalue weighted by atomic mass is 35.5. The van der Waals surface area contributed by atoms with E-state index < -0.39 is 0 Å². The summed E-state index contributed by atoms with van der Waals surface area (Å²) in [6.45, 7) is 6.08. The van der Waals surface area contributed by atoms with E-state index >= 15 is 0 Å². The normalized spacial score (nSPS) is 34.7. The van der Waals surface area contributed by atoms with Crippen LogP contribution in [0.2, 0.25) is 0 Å². The van der Waals surface area contributed by atoms with Crippen LogP contribution in [0.15, 0.2) is 0 Å². The highest BCUT2D eigenvalue weighted by Crippen LogP contribution is 2.39. The Kier molecular flexibility index (Phi) is 4.27. The molecule has 2 rings (SSSR count). The Morgan fingerprint density at radius 2 is 2.00 bits per heavy atom. The van der Waals surface area contributed by atoms with Gasteiger partial charge >= 0.3 is 0 Å². The van der Waals surface area contributed by atoms with Crippen LogP contribution in [-0.2, 0) is 0 Å². The van der Waals surface area contributed by atoms with Gasteiger partial charge < -0.3 is 5.32 Å². The number of nitrogens with one attached hydrogen (secondary N) is 1. The number of halogens is 1. The summed E-state index contributed by atoms with van der Waals surface area (Å²) in [4.78, 5) is 0. The standard InChI is InChI=1S/C12H23N.ClH/c1-10-4-5-11(8-10)13-9-12(2)6-3-7-12;/h10-11,13H,3-9H2,1-2H3;1H. The smallest absolute Gasteiger partial charge is 0.00699 e. The molecule has 0 radical (unpaired) electrons. The van der Waals surface area contributed by atoms with E-state index in [-0.39, 0.29) is 12.4 Å². The van der Waals surface area contributed by atoms with E-state index in [1.165, 1.54) is 45.1 Å². The van der Waals surface area contributed by atoms with Crippen molar-refractivity contribution < 1.29 is 0 Å². The Balaban J connectivity index is 0.000000980. The van der Waals surface area contributed by atoms with Gasteiger partial charge in [-0.2, -0.15) is 0 Å². The SMILES string of the molecule is CC1CCC(NCC2(C)CCC2)C1.Cl. The number of rotatable bonds is 3. The quantitative estimate of drug-likeness (QED) is 0.765. The van der Waals surface area contributed by atoms with Gasteiger partial charge in [-0.05, 0) is 43.4 Å². The maximum absolute atomic E-state index is 3.75. The van der Waals surface area contributed by atoms with Gasteiger partial charge in [-0.3, -0.25) is 0 Å². The lowest BCUT2D eigenvalue weighted by molar-refractivity contribution is 0.150. The molecule has 84 valence electrons. The molecule has 0 aliphatic heterocycles. The molecule has 0 aromatic heterocycles. The van der Waals surface area contributed by atoms with E-state index in [0.717, 1.165) is 12.0 Å². The minimum atomic E-state index is 0. The van der Waals surface area contributed by atoms with Crippen LogP contribution < -0.4 is 5.32 Å². The molecule has 2 atom stereocenters. The van der Waals surface area contributed by atoms with Gasteiger partial charge in [0, 0.05) is 12.6 Å². The molecule has 2 heteroatoms. The molecule has 14 heavy (non-hydrogen) atoms. The third kappa shape index (κ3) is 2.87. The van der Waals surface area contributed by atoms with E-state index in [1.807, 2.05) is 0 Å². The molecule has 2 saturated carbocycles. The molecule has 0 spiro atoms. The Morgan fingerprint density at radius 1 is 1.29 bits per heavy atom. The van der Waals surface area contributed by atoms with E-state index in [1.54, 1.807) is 0 Å². The lowest BCUT2D eigenvalue weighted by atomic mass is 9.70. The van der Waals surface area contributed by atoms with Crippen molar-refractivity contribution in [2.24, 2.45) is 11.3 Å². The summed E-state index contributed by atoms with van der Waals surface area (Å²) in [6, 6.07) is 0.840. The van der Waals surface area contributed by atoms with Crippen LogP contribution in [0.4, 0.5) is 0 Å². The molecule has 0 amide bonds. The summed E-state index contributed by atoms with van der Waals surface area (Å²) in [7, 11) is 0. The summed E-state index contributed by atoms with van der Waals surface area (Å²) in [6.07, 6.45) is 8.62. The van der Waals surface area contributed by atoms with Gasteiger partial charge in [-0.25, -0.2) is 0 Å². The molecule has 0 heterocycles. The van der Waals surface area contributed by atoms with Crippen LogP contribution in [0.5, 0.6) is 0 Å². The van der Waals surface area contributed by atoms with Crippen molar-refractivity contribution in [3.63, 3.8) is 0 Å². The fraction of sp³-hybridized carbons (Fsp3) is 1.00. The van der Waals surface area contributed by atoms with Gasteiger partial charge in [-0.15, -0.1) is 12.4 Å². The van der Waals surface area contributed by atoms with Gasteiger partial charge in [0.2, 0.25) is 0 Å². The Bertz CT molecular complexity index is 177. The monoisotopic (exact) mass is 217 g/mol. The zero-order valence-corrected chi connectivity index (χ0v) is 10.3. The average molecular weight is 218 g/mol. The van der Waals surface area contributed by atoms with Gasteiger partial charge in [-0.1, -0.05) is 20.3 Å². The lowest BCUT2D eigenvalue weighted by Crippen LogP contribution is -2.41. The Hall–Kier alpha value is 0.250. The predicted octanol–water partition coefficient (Wildman–Crippen LogP) is 3.38. The molecule has 0 aromatic rings. The highest BCUT2D eigenvalue weighted by Gasteiger charge is 2.32. The first kappa shape index (κ1) is 12.3. The highest BCUT2D eigenvalue weighted by molar-refractivity contribution is 5.85. The minimum absolute atomic E-state index is 0. The van der Waals surface area contributed by atoms with Crippen LogP contribution in [0, 0.1) is 11.3 Å². The van der Waals surface area contributed by atoms with Crippen molar-refractivity contribution in [1.82, 2.24) is 5.32 Å². The maximum atomic E-state index is 3.75. The van der Waals surface area contributed by atoms with Crippen LogP contribution in [0.3, 0.4) is 0 Å². The van der Waals surface area contributed by atoms with Gasteiger partial charge in [0.15, 0.2) is 0 Å². The first-order valence-electron chi connectivity index (χ1n) is 5.91. The maximum Gasteiger partial charge on any atom is 0.00699 e. The second-order valence-corrected chi connectivity index (χ2v) is 5.66. The first-order valence-corrected chi connectivity index (χ1v) is 5.91. The van der Waals surface area contributed by atoms with E-state index in [2.05, 4.69) is 19.2 Å². The van der Waals surface area contributed by atoms with Crippen molar-refractivity contribution in [3.05, 3.63) is 0 Å². The Labute approximate surface area is 94.4 Å². The summed E-state index contributed by atoms with van der Waals surface area (Å²) < 4.78 is 0. The van der Waals surface area contributed by atoms with E-state index in [9.17, 15) is 0 Å².